The van der Waals surface area contributed by atoms with Crippen molar-refractivity contribution >= 4 is 23.5 Å². The lowest BCUT2D eigenvalue weighted by Crippen LogP contribution is -2.44. The van der Waals surface area contributed by atoms with Gasteiger partial charge in [0, 0.05) is 33.2 Å². The topological polar surface area (TPSA) is 66.0 Å². The van der Waals surface area contributed by atoms with Crippen molar-refractivity contribution in [1.82, 2.24) is 20.3 Å². The fourth-order valence-corrected chi connectivity index (χ4v) is 1.61. The fourth-order valence-electron chi connectivity index (χ4n) is 1.46. The Bertz CT molecular complexity index is 338. The van der Waals surface area contributed by atoms with Gasteiger partial charge in [0.2, 0.25) is 17.2 Å². The molecule has 0 aliphatic carbocycles. The van der Waals surface area contributed by atoms with E-state index in [2.05, 4.69) is 30.5 Å². The molecule has 1 aromatic rings. The second-order valence-corrected chi connectivity index (χ2v) is 3.55. The van der Waals surface area contributed by atoms with Crippen LogP contribution in [0, 0.1) is 0 Å². The average Bonchev–Trinajstić information content (AvgIpc) is 2.29. The summed E-state index contributed by atoms with van der Waals surface area (Å²) in [7, 11) is 1.76. The van der Waals surface area contributed by atoms with Crippen molar-refractivity contribution in [3.8, 4) is 0 Å². The van der Waals surface area contributed by atoms with Crippen LogP contribution in [0.5, 0.6) is 0 Å². The number of nitrogens with zero attached hydrogens (tertiary/aromatic N) is 4. The van der Waals surface area contributed by atoms with Crippen LogP contribution in [0.3, 0.4) is 0 Å². The molecule has 82 valence electrons. The number of hydrogen-bond donors (Lipinski definition) is 2. The van der Waals surface area contributed by atoms with Gasteiger partial charge in [-0.1, -0.05) is 0 Å². The van der Waals surface area contributed by atoms with Crippen LogP contribution in [-0.2, 0) is 0 Å². The number of piperazine rings is 1. The smallest absolute Gasteiger partial charge is 0.231 e. The molecular weight excluding hydrogens is 216 g/mol. The summed E-state index contributed by atoms with van der Waals surface area (Å²) in [5.41, 5.74) is 0. The molecule has 0 saturated carbocycles. The van der Waals surface area contributed by atoms with Crippen LogP contribution < -0.4 is 15.5 Å². The van der Waals surface area contributed by atoms with Crippen molar-refractivity contribution < 1.29 is 0 Å². The summed E-state index contributed by atoms with van der Waals surface area (Å²) < 4.78 is 0. The van der Waals surface area contributed by atoms with Gasteiger partial charge in [0.25, 0.3) is 0 Å². The van der Waals surface area contributed by atoms with Gasteiger partial charge in [0.15, 0.2) is 0 Å². The highest BCUT2D eigenvalue weighted by Crippen LogP contribution is 2.13. The summed E-state index contributed by atoms with van der Waals surface area (Å²) in [6, 6.07) is 0. The SMILES string of the molecule is CNc1nc(Cl)nc(N2CCNCC2)n1. The van der Waals surface area contributed by atoms with Gasteiger partial charge in [-0.15, -0.1) is 0 Å². The van der Waals surface area contributed by atoms with E-state index in [1.807, 2.05) is 0 Å². The normalized spacial score (nSPS) is 16.5. The lowest BCUT2D eigenvalue weighted by Gasteiger charge is -2.27. The first-order valence-corrected chi connectivity index (χ1v) is 5.22. The van der Waals surface area contributed by atoms with Crippen molar-refractivity contribution in [3.05, 3.63) is 5.28 Å². The number of hydrogen-bond acceptors (Lipinski definition) is 6. The summed E-state index contributed by atoms with van der Waals surface area (Å²) in [4.78, 5) is 14.4. The molecule has 0 amide bonds. The van der Waals surface area contributed by atoms with E-state index in [4.69, 9.17) is 11.6 Å². The van der Waals surface area contributed by atoms with E-state index in [-0.39, 0.29) is 5.28 Å². The van der Waals surface area contributed by atoms with E-state index in [9.17, 15) is 0 Å². The third-order valence-corrected chi connectivity index (χ3v) is 2.39. The summed E-state index contributed by atoms with van der Waals surface area (Å²) in [6.07, 6.45) is 0. The van der Waals surface area contributed by atoms with E-state index in [0.717, 1.165) is 26.2 Å². The Morgan fingerprint density at radius 1 is 1.27 bits per heavy atom. The maximum atomic E-state index is 5.80. The minimum atomic E-state index is 0.225. The van der Waals surface area contributed by atoms with Crippen molar-refractivity contribution in [2.75, 3.05) is 43.4 Å². The standard InChI is InChI=1S/C8H13ClN6/c1-10-7-12-6(9)13-8(14-7)15-4-2-11-3-5-15/h11H,2-5H2,1H3,(H,10,12,13,14). The third kappa shape index (κ3) is 2.45. The lowest BCUT2D eigenvalue weighted by atomic mass is 10.4. The van der Waals surface area contributed by atoms with Gasteiger partial charge in [-0.2, -0.15) is 15.0 Å². The van der Waals surface area contributed by atoms with Crippen LogP contribution in [0.4, 0.5) is 11.9 Å². The monoisotopic (exact) mass is 228 g/mol. The average molecular weight is 229 g/mol. The molecule has 0 aromatic carbocycles. The van der Waals surface area contributed by atoms with Gasteiger partial charge in [-0.25, -0.2) is 0 Å². The summed E-state index contributed by atoms with van der Waals surface area (Å²) >= 11 is 5.80. The Labute approximate surface area is 93.1 Å². The quantitative estimate of drug-likeness (QED) is 0.742. The maximum absolute atomic E-state index is 5.80. The summed E-state index contributed by atoms with van der Waals surface area (Å²) in [5, 5.41) is 6.35. The number of anilines is 2. The Hall–Kier alpha value is -1.14. The second kappa shape index (κ2) is 4.59. The zero-order valence-corrected chi connectivity index (χ0v) is 9.25. The highest BCUT2D eigenvalue weighted by molar-refractivity contribution is 6.28. The van der Waals surface area contributed by atoms with Crippen LogP contribution >= 0.6 is 11.6 Å². The summed E-state index contributed by atoms with van der Waals surface area (Å²) in [5.74, 6) is 1.14. The van der Waals surface area contributed by atoms with E-state index >= 15 is 0 Å². The number of rotatable bonds is 2. The Morgan fingerprint density at radius 2 is 2.00 bits per heavy atom. The molecule has 0 bridgehead atoms. The van der Waals surface area contributed by atoms with Crippen molar-refractivity contribution in [3.63, 3.8) is 0 Å². The molecule has 0 unspecified atom stereocenters. The Kier molecular flexibility index (Phi) is 3.17. The van der Waals surface area contributed by atoms with Gasteiger partial charge in [0.05, 0.1) is 0 Å². The number of aromatic nitrogens is 3. The molecule has 0 atom stereocenters. The van der Waals surface area contributed by atoms with Crippen molar-refractivity contribution in [2.24, 2.45) is 0 Å². The molecule has 6 nitrogen and oxygen atoms in total. The molecular formula is C8H13ClN6. The minimum absolute atomic E-state index is 0.225. The molecule has 2 N–H and O–H groups in total. The number of halogens is 1. The maximum Gasteiger partial charge on any atom is 0.231 e. The van der Waals surface area contributed by atoms with Gasteiger partial charge in [-0.3, -0.25) is 0 Å². The molecule has 1 aromatic heterocycles. The molecule has 1 aliphatic rings. The first-order chi connectivity index (χ1) is 7.29. The van der Waals surface area contributed by atoms with Crippen molar-refractivity contribution in [2.45, 2.75) is 0 Å². The molecule has 2 rings (SSSR count). The van der Waals surface area contributed by atoms with E-state index < -0.39 is 0 Å². The van der Waals surface area contributed by atoms with Crippen LogP contribution in [-0.4, -0.2) is 48.2 Å². The molecule has 7 heteroatoms. The molecule has 15 heavy (non-hydrogen) atoms. The molecule has 0 spiro atoms. The van der Waals surface area contributed by atoms with Gasteiger partial charge >= 0.3 is 0 Å². The lowest BCUT2D eigenvalue weighted by molar-refractivity contribution is 0.579. The van der Waals surface area contributed by atoms with Crippen LogP contribution in [0.15, 0.2) is 0 Å². The van der Waals surface area contributed by atoms with Gasteiger partial charge in [-0.05, 0) is 11.6 Å². The molecule has 1 fully saturated rings. The predicted molar refractivity (Wildman–Crippen MR) is 59.5 cm³/mol. The first kappa shape index (κ1) is 10.4. The first-order valence-electron chi connectivity index (χ1n) is 4.84. The Morgan fingerprint density at radius 3 is 2.67 bits per heavy atom. The molecule has 1 aliphatic heterocycles. The van der Waals surface area contributed by atoms with Gasteiger partial charge in [0.1, 0.15) is 0 Å². The highest BCUT2D eigenvalue weighted by atomic mass is 35.5. The Balaban J connectivity index is 2.22. The van der Waals surface area contributed by atoms with E-state index in [1.165, 1.54) is 0 Å². The number of nitrogens with one attached hydrogen (secondary N) is 2. The zero-order chi connectivity index (χ0) is 10.7. The predicted octanol–water partition coefficient (Wildman–Crippen LogP) is -0.0237. The second-order valence-electron chi connectivity index (χ2n) is 3.22. The summed E-state index contributed by atoms with van der Waals surface area (Å²) in [6.45, 7) is 3.67. The largest absolute Gasteiger partial charge is 0.357 e. The van der Waals surface area contributed by atoms with Crippen LogP contribution in [0.1, 0.15) is 0 Å². The van der Waals surface area contributed by atoms with Crippen LogP contribution in [0.2, 0.25) is 5.28 Å². The molecule has 1 saturated heterocycles. The molecule has 2 heterocycles. The fraction of sp³-hybridized carbons (Fsp3) is 0.625. The van der Waals surface area contributed by atoms with Crippen molar-refractivity contribution in [1.29, 1.82) is 0 Å². The zero-order valence-electron chi connectivity index (χ0n) is 8.50. The molecule has 0 radical (unpaired) electrons. The third-order valence-electron chi connectivity index (χ3n) is 2.22. The van der Waals surface area contributed by atoms with E-state index in [0.29, 0.717) is 11.9 Å². The van der Waals surface area contributed by atoms with Crippen LogP contribution in [0.25, 0.3) is 0 Å². The van der Waals surface area contributed by atoms with Gasteiger partial charge < -0.3 is 15.5 Å². The minimum Gasteiger partial charge on any atom is -0.357 e. The highest BCUT2D eigenvalue weighted by Gasteiger charge is 2.14. The van der Waals surface area contributed by atoms with E-state index in [1.54, 1.807) is 7.05 Å².